The van der Waals surface area contributed by atoms with Gasteiger partial charge in [-0.2, -0.15) is 0 Å². The second-order valence-electron chi connectivity index (χ2n) is 4.54. The Morgan fingerprint density at radius 3 is 2.90 bits per heavy atom. The molecule has 0 aliphatic carbocycles. The lowest BCUT2D eigenvalue weighted by molar-refractivity contribution is 0.624. The monoisotopic (exact) mass is 368 g/mol. The highest BCUT2D eigenvalue weighted by atomic mass is 79.9. The molecule has 4 nitrogen and oxygen atoms in total. The van der Waals surface area contributed by atoms with Gasteiger partial charge in [0.2, 0.25) is 0 Å². The van der Waals surface area contributed by atoms with Crippen molar-refractivity contribution in [3.05, 3.63) is 63.5 Å². The topological polar surface area (TPSA) is 42.2 Å². The molecule has 0 bridgehead atoms. The zero-order valence-corrected chi connectivity index (χ0v) is 13.2. The molecule has 2 aromatic heterocycles. The Morgan fingerprint density at radius 2 is 2.10 bits per heavy atom. The van der Waals surface area contributed by atoms with Crippen LogP contribution < -0.4 is 5.32 Å². The van der Waals surface area contributed by atoms with Crippen LogP contribution in [0.2, 0.25) is 5.02 Å². The van der Waals surface area contributed by atoms with E-state index in [1.165, 1.54) is 6.07 Å². The number of fused-ring (bicyclic) bond motifs is 1. The maximum Gasteiger partial charge on any atom is 0.155 e. The number of imidazole rings is 1. The molecule has 0 aliphatic heterocycles. The maximum atomic E-state index is 13.1. The first-order valence-electron chi connectivity index (χ1n) is 6.25. The van der Waals surface area contributed by atoms with E-state index in [2.05, 4.69) is 31.2 Å². The summed E-state index contributed by atoms with van der Waals surface area (Å²) in [5.74, 6) is -0.403. The van der Waals surface area contributed by atoms with Crippen LogP contribution in [0, 0.1) is 5.82 Å². The Kier molecular flexibility index (Phi) is 4.19. The number of hydrogen-bond acceptors (Lipinski definition) is 3. The van der Waals surface area contributed by atoms with Gasteiger partial charge in [-0.05, 0) is 33.6 Å². The van der Waals surface area contributed by atoms with Crippen molar-refractivity contribution in [3.63, 3.8) is 0 Å². The fourth-order valence-corrected chi connectivity index (χ4v) is 2.54. The van der Waals surface area contributed by atoms with Crippen molar-refractivity contribution < 1.29 is 4.39 Å². The molecule has 0 radical (unpaired) electrons. The molecule has 21 heavy (non-hydrogen) atoms. The van der Waals surface area contributed by atoms with Crippen molar-refractivity contribution >= 4 is 33.2 Å². The molecule has 0 saturated carbocycles. The summed E-state index contributed by atoms with van der Waals surface area (Å²) < 4.78 is 15.8. The highest BCUT2D eigenvalue weighted by molar-refractivity contribution is 9.10. The van der Waals surface area contributed by atoms with Crippen molar-refractivity contribution in [3.8, 4) is 0 Å². The molecule has 3 aromatic rings. The molecule has 7 heteroatoms. The van der Waals surface area contributed by atoms with Gasteiger partial charge < -0.3 is 5.32 Å². The molecule has 1 N–H and O–H groups in total. The fourth-order valence-electron chi connectivity index (χ4n) is 2.03. The predicted octanol–water partition coefficient (Wildman–Crippen LogP) is 3.57. The third kappa shape index (κ3) is 3.23. The van der Waals surface area contributed by atoms with Gasteiger partial charge in [-0.1, -0.05) is 17.7 Å². The SMILES string of the molecule is Fc1ccc(CNCc2cnc3cnc(Br)cn23)cc1Cl. The quantitative estimate of drug-likeness (QED) is 0.764. The van der Waals surface area contributed by atoms with Gasteiger partial charge in [-0.15, -0.1) is 0 Å². The second kappa shape index (κ2) is 6.09. The summed E-state index contributed by atoms with van der Waals surface area (Å²) >= 11 is 9.10. The lowest BCUT2D eigenvalue weighted by Crippen LogP contribution is -2.14. The predicted molar refractivity (Wildman–Crippen MR) is 82.6 cm³/mol. The first-order chi connectivity index (χ1) is 10.1. The van der Waals surface area contributed by atoms with E-state index in [1.54, 1.807) is 24.5 Å². The van der Waals surface area contributed by atoms with Gasteiger partial charge in [0, 0.05) is 19.3 Å². The molecule has 0 atom stereocenters. The Balaban J connectivity index is 1.69. The van der Waals surface area contributed by atoms with Crippen LogP contribution in [-0.2, 0) is 13.1 Å². The lowest BCUT2D eigenvalue weighted by atomic mass is 10.2. The molecule has 2 heterocycles. The molecule has 1 aromatic carbocycles. The number of aromatic nitrogens is 3. The Labute approximate surface area is 134 Å². The molecule has 0 aliphatic rings. The molecule has 0 saturated heterocycles. The first kappa shape index (κ1) is 14.4. The standard InChI is InChI=1S/C14H11BrClFN4/c15-13-8-21-10(6-20-14(21)7-19-13)5-18-4-9-1-2-12(17)11(16)3-9/h1-3,6-8,18H,4-5H2. The van der Waals surface area contributed by atoms with Crippen molar-refractivity contribution in [2.75, 3.05) is 0 Å². The van der Waals surface area contributed by atoms with E-state index in [4.69, 9.17) is 11.6 Å². The van der Waals surface area contributed by atoms with Crippen LogP contribution in [0.15, 0.2) is 41.4 Å². The van der Waals surface area contributed by atoms with Gasteiger partial charge >= 0.3 is 0 Å². The average Bonchev–Trinajstić information content (AvgIpc) is 2.85. The largest absolute Gasteiger partial charge is 0.307 e. The maximum absolute atomic E-state index is 13.1. The third-order valence-electron chi connectivity index (χ3n) is 3.06. The van der Waals surface area contributed by atoms with E-state index in [1.807, 2.05) is 10.6 Å². The lowest BCUT2D eigenvalue weighted by Gasteiger charge is -2.06. The van der Waals surface area contributed by atoms with Crippen molar-refractivity contribution in [1.82, 2.24) is 19.7 Å². The van der Waals surface area contributed by atoms with Crippen molar-refractivity contribution in [2.24, 2.45) is 0 Å². The third-order valence-corrected chi connectivity index (χ3v) is 3.76. The van der Waals surface area contributed by atoms with Crippen LogP contribution in [0.3, 0.4) is 0 Å². The van der Waals surface area contributed by atoms with Crippen LogP contribution in [0.1, 0.15) is 11.3 Å². The van der Waals surface area contributed by atoms with Gasteiger partial charge in [0.25, 0.3) is 0 Å². The van der Waals surface area contributed by atoms with E-state index >= 15 is 0 Å². The molecule has 3 rings (SSSR count). The number of nitrogens with one attached hydrogen (secondary N) is 1. The summed E-state index contributed by atoms with van der Waals surface area (Å²) in [5.41, 5.74) is 2.74. The average molecular weight is 370 g/mol. The minimum absolute atomic E-state index is 0.138. The van der Waals surface area contributed by atoms with Crippen LogP contribution in [-0.4, -0.2) is 14.4 Å². The van der Waals surface area contributed by atoms with Crippen LogP contribution in [0.5, 0.6) is 0 Å². The molecular formula is C14H11BrClFN4. The van der Waals surface area contributed by atoms with Gasteiger partial charge in [0.1, 0.15) is 10.4 Å². The van der Waals surface area contributed by atoms with Crippen molar-refractivity contribution in [2.45, 2.75) is 13.1 Å². The minimum Gasteiger partial charge on any atom is -0.307 e. The molecule has 0 amide bonds. The van der Waals surface area contributed by atoms with Gasteiger partial charge in [-0.3, -0.25) is 4.40 Å². The van der Waals surface area contributed by atoms with Crippen molar-refractivity contribution in [1.29, 1.82) is 0 Å². The van der Waals surface area contributed by atoms with E-state index < -0.39 is 5.82 Å². The first-order valence-corrected chi connectivity index (χ1v) is 7.43. The van der Waals surface area contributed by atoms with Crippen LogP contribution in [0.25, 0.3) is 5.65 Å². The number of halogens is 3. The normalized spacial score (nSPS) is 11.2. The summed E-state index contributed by atoms with van der Waals surface area (Å²) in [5, 5.41) is 3.42. The summed E-state index contributed by atoms with van der Waals surface area (Å²) in [4.78, 5) is 8.41. The van der Waals surface area contributed by atoms with Gasteiger partial charge in [-0.25, -0.2) is 14.4 Å². The van der Waals surface area contributed by atoms with E-state index in [0.29, 0.717) is 13.1 Å². The summed E-state index contributed by atoms with van der Waals surface area (Å²) in [6.45, 7) is 1.23. The molecule has 0 fully saturated rings. The highest BCUT2D eigenvalue weighted by Gasteiger charge is 2.05. The summed E-state index contributed by atoms with van der Waals surface area (Å²) in [6.07, 6.45) is 5.37. The Morgan fingerprint density at radius 1 is 1.24 bits per heavy atom. The van der Waals surface area contributed by atoms with Gasteiger partial charge in [0.05, 0.1) is 23.1 Å². The number of benzene rings is 1. The number of rotatable bonds is 4. The van der Waals surface area contributed by atoms with E-state index in [0.717, 1.165) is 21.5 Å². The summed E-state index contributed by atoms with van der Waals surface area (Å²) in [7, 11) is 0. The Bertz CT molecular complexity index is 790. The van der Waals surface area contributed by atoms with E-state index in [9.17, 15) is 4.39 Å². The number of nitrogens with zero attached hydrogens (tertiary/aromatic N) is 3. The summed E-state index contributed by atoms with van der Waals surface area (Å²) in [6, 6.07) is 4.71. The zero-order valence-electron chi connectivity index (χ0n) is 10.9. The molecule has 0 unspecified atom stereocenters. The minimum atomic E-state index is -0.403. The highest BCUT2D eigenvalue weighted by Crippen LogP contribution is 2.16. The van der Waals surface area contributed by atoms with E-state index in [-0.39, 0.29) is 5.02 Å². The van der Waals surface area contributed by atoms with Crippen LogP contribution >= 0.6 is 27.5 Å². The molecule has 108 valence electrons. The number of hydrogen-bond donors (Lipinski definition) is 1. The smallest absolute Gasteiger partial charge is 0.155 e. The van der Waals surface area contributed by atoms with Gasteiger partial charge in [0.15, 0.2) is 5.65 Å². The van der Waals surface area contributed by atoms with Crippen LogP contribution in [0.4, 0.5) is 4.39 Å². The second-order valence-corrected chi connectivity index (χ2v) is 5.76. The molecular weight excluding hydrogens is 359 g/mol. The molecule has 0 spiro atoms. The Hall–Kier alpha value is -1.50. The fraction of sp³-hybridized carbons (Fsp3) is 0.143. The zero-order chi connectivity index (χ0) is 14.8.